The number of nitrogens with one attached hydrogen (secondary N) is 2. The Morgan fingerprint density at radius 3 is 2.14 bits per heavy atom. The van der Waals surface area contributed by atoms with Crippen molar-refractivity contribution in [3.05, 3.63) is 58.6 Å². The van der Waals surface area contributed by atoms with Gasteiger partial charge in [0.15, 0.2) is 13.2 Å². The van der Waals surface area contributed by atoms with Gasteiger partial charge in [0.05, 0.1) is 22.2 Å². The van der Waals surface area contributed by atoms with Crippen molar-refractivity contribution in [2.75, 3.05) is 13.2 Å². The van der Waals surface area contributed by atoms with Gasteiger partial charge in [0, 0.05) is 11.6 Å². The van der Waals surface area contributed by atoms with Gasteiger partial charge in [-0.05, 0) is 62.4 Å². The minimum atomic E-state index is -3.02. The number of aliphatic hydroxyl groups excluding tert-OH is 1. The molecule has 12 heteroatoms. The number of benzene rings is 2. The fraction of sp³-hybridized carbons (Fsp3) is 0.440. The van der Waals surface area contributed by atoms with Crippen molar-refractivity contribution in [3.63, 3.8) is 0 Å². The van der Waals surface area contributed by atoms with Crippen LogP contribution < -0.4 is 20.1 Å². The molecule has 3 aliphatic carbocycles. The second-order valence-electron chi connectivity index (χ2n) is 9.39. The Morgan fingerprint density at radius 1 is 0.946 bits per heavy atom. The lowest BCUT2D eigenvalue weighted by Gasteiger charge is -2.56. The summed E-state index contributed by atoms with van der Waals surface area (Å²) < 4.78 is 63.3. The van der Waals surface area contributed by atoms with Crippen molar-refractivity contribution in [2.45, 2.75) is 55.7 Å². The minimum Gasteiger partial charge on any atom is -0.484 e. The molecular weight excluding hydrogens is 520 g/mol. The third kappa shape index (κ3) is 6.10. The molecule has 0 saturated heterocycles. The topological polar surface area (TPSA) is 96.9 Å². The number of carbonyl (C=O) groups is 2. The summed E-state index contributed by atoms with van der Waals surface area (Å²) in [6, 6.07) is 6.66. The number of hydrogen-bond acceptors (Lipinski definition) is 5. The monoisotopic (exact) mass is 544 g/mol. The van der Waals surface area contributed by atoms with Crippen molar-refractivity contribution >= 4 is 23.4 Å². The van der Waals surface area contributed by atoms with E-state index < -0.39 is 59.2 Å². The van der Waals surface area contributed by atoms with Gasteiger partial charge < -0.3 is 25.2 Å². The average Bonchev–Trinajstić information content (AvgIpc) is 2.85. The van der Waals surface area contributed by atoms with Gasteiger partial charge in [0.2, 0.25) is 0 Å². The van der Waals surface area contributed by atoms with E-state index in [0.29, 0.717) is 25.7 Å². The summed E-state index contributed by atoms with van der Waals surface area (Å²) in [5, 5.41) is 16.5. The van der Waals surface area contributed by atoms with Crippen molar-refractivity contribution in [3.8, 4) is 11.5 Å². The molecule has 2 aromatic carbocycles. The van der Waals surface area contributed by atoms with Gasteiger partial charge in [-0.25, -0.2) is 17.6 Å². The van der Waals surface area contributed by atoms with E-state index in [4.69, 9.17) is 21.1 Å². The highest BCUT2D eigenvalue weighted by molar-refractivity contribution is 6.30. The fourth-order valence-corrected chi connectivity index (χ4v) is 5.07. The zero-order valence-electron chi connectivity index (χ0n) is 19.5. The molecule has 0 aliphatic heterocycles. The molecule has 5 rings (SSSR count). The van der Waals surface area contributed by atoms with E-state index in [1.165, 1.54) is 12.1 Å². The molecule has 0 spiro atoms. The third-order valence-electron chi connectivity index (χ3n) is 6.95. The van der Waals surface area contributed by atoms with E-state index in [1.54, 1.807) is 0 Å². The van der Waals surface area contributed by atoms with Crippen molar-refractivity contribution in [1.29, 1.82) is 0 Å². The van der Waals surface area contributed by atoms with Crippen LogP contribution in [-0.4, -0.2) is 47.3 Å². The van der Waals surface area contributed by atoms with E-state index in [-0.39, 0.29) is 29.5 Å². The quantitative estimate of drug-likeness (QED) is 0.414. The summed E-state index contributed by atoms with van der Waals surface area (Å²) in [6.07, 6.45) is -2.03. The van der Waals surface area contributed by atoms with Gasteiger partial charge in [-0.3, -0.25) is 9.59 Å². The van der Waals surface area contributed by atoms with Gasteiger partial charge in [-0.15, -0.1) is 0 Å². The van der Waals surface area contributed by atoms with Crippen LogP contribution in [0.4, 0.5) is 17.6 Å². The maximum absolute atomic E-state index is 13.5. The van der Waals surface area contributed by atoms with Crippen LogP contribution in [-0.2, 0) is 9.59 Å². The predicted molar refractivity (Wildman–Crippen MR) is 125 cm³/mol. The fourth-order valence-electron chi connectivity index (χ4n) is 4.95. The zero-order valence-corrected chi connectivity index (χ0v) is 20.3. The Kier molecular flexibility index (Phi) is 7.84. The Bertz CT molecular complexity index is 1170. The second kappa shape index (κ2) is 10.7. The number of rotatable bonds is 9. The molecule has 3 N–H and O–H groups in total. The average molecular weight is 545 g/mol. The summed E-state index contributed by atoms with van der Waals surface area (Å²) in [5.41, 5.74) is -2.40. The predicted octanol–water partition coefficient (Wildman–Crippen LogP) is 4.06. The summed E-state index contributed by atoms with van der Waals surface area (Å²) >= 11 is 5.63. The lowest BCUT2D eigenvalue weighted by Crippen LogP contribution is -2.70. The number of ether oxygens (including phenoxy) is 2. The molecule has 3 fully saturated rings. The van der Waals surface area contributed by atoms with Gasteiger partial charge in [0.25, 0.3) is 18.2 Å². The number of alkyl halides is 2. The van der Waals surface area contributed by atoms with Crippen LogP contribution in [0, 0.1) is 11.6 Å². The summed E-state index contributed by atoms with van der Waals surface area (Å²) in [4.78, 5) is 25.0. The lowest BCUT2D eigenvalue weighted by molar-refractivity contribution is -0.137. The van der Waals surface area contributed by atoms with E-state index >= 15 is 0 Å². The van der Waals surface area contributed by atoms with E-state index in [9.17, 15) is 32.3 Å². The van der Waals surface area contributed by atoms with Crippen molar-refractivity contribution in [1.82, 2.24) is 10.6 Å². The summed E-state index contributed by atoms with van der Waals surface area (Å²) in [6.45, 7) is -0.859. The highest BCUT2D eigenvalue weighted by Crippen LogP contribution is 2.47. The SMILES string of the molecule is O=C(COc1ccc(F)c(C(F)F)c1)NC12CCC(NC(=O)COc3ccc(Cl)c(F)c3)(CC1)[C@@H](O)C2. The number of halogens is 5. The smallest absolute Gasteiger partial charge is 0.266 e. The third-order valence-corrected chi connectivity index (χ3v) is 7.25. The molecule has 2 amide bonds. The van der Waals surface area contributed by atoms with Crippen LogP contribution in [0.15, 0.2) is 36.4 Å². The largest absolute Gasteiger partial charge is 0.484 e. The maximum atomic E-state index is 13.5. The van der Waals surface area contributed by atoms with Crippen molar-refractivity contribution < 1.29 is 41.7 Å². The summed E-state index contributed by atoms with van der Waals surface area (Å²) in [5.74, 6) is -2.67. The molecule has 2 bridgehead atoms. The number of amides is 2. The molecule has 3 saturated carbocycles. The number of aliphatic hydroxyl groups is 1. The molecule has 0 aromatic heterocycles. The standard InChI is InChI=1S/C25H25ClF4N2O5/c26-17-3-1-15(10-19(17)28)37-13-22(35)32-25-7-5-24(6-8-25,11-20(25)33)31-21(34)12-36-14-2-4-18(27)16(9-14)23(29)30/h1-4,9-10,20,23,33H,5-8,11-13H2,(H,31,34)(H,32,35)/t20-,24?,25?/m0/s1. The molecular formula is C25H25ClF4N2O5. The lowest BCUT2D eigenvalue weighted by atomic mass is 9.60. The highest BCUT2D eigenvalue weighted by Gasteiger charge is 2.55. The number of hydrogen-bond donors (Lipinski definition) is 3. The van der Waals surface area contributed by atoms with Crippen molar-refractivity contribution in [2.24, 2.45) is 0 Å². The zero-order chi connectivity index (χ0) is 26.8. The Hall–Kier alpha value is -3.05. The Labute approximate surface area is 215 Å². The molecule has 1 atom stereocenters. The first-order valence-electron chi connectivity index (χ1n) is 11.6. The van der Waals surface area contributed by atoms with Gasteiger partial charge in [-0.1, -0.05) is 11.6 Å². The molecule has 200 valence electrons. The first kappa shape index (κ1) is 27.0. The summed E-state index contributed by atoms with van der Waals surface area (Å²) in [7, 11) is 0. The first-order valence-corrected chi connectivity index (χ1v) is 12.0. The maximum Gasteiger partial charge on any atom is 0.266 e. The first-order chi connectivity index (χ1) is 17.5. The highest BCUT2D eigenvalue weighted by atomic mass is 35.5. The normalized spacial score (nSPS) is 24.6. The van der Waals surface area contributed by atoms with Gasteiger partial charge in [-0.2, -0.15) is 0 Å². The van der Waals surface area contributed by atoms with Crippen LogP contribution in [0.5, 0.6) is 11.5 Å². The van der Waals surface area contributed by atoms with Crippen LogP contribution in [0.25, 0.3) is 0 Å². The van der Waals surface area contributed by atoms with Crippen LogP contribution in [0.3, 0.4) is 0 Å². The van der Waals surface area contributed by atoms with Crippen LogP contribution in [0.1, 0.15) is 44.1 Å². The van der Waals surface area contributed by atoms with Gasteiger partial charge in [0.1, 0.15) is 23.1 Å². The Balaban J connectivity index is 1.28. The molecule has 7 nitrogen and oxygen atoms in total. The molecule has 3 aliphatic rings. The molecule has 2 aromatic rings. The van der Waals surface area contributed by atoms with Gasteiger partial charge >= 0.3 is 0 Å². The van der Waals surface area contributed by atoms with Crippen LogP contribution in [0.2, 0.25) is 5.02 Å². The van der Waals surface area contributed by atoms with Crippen LogP contribution >= 0.6 is 11.6 Å². The molecule has 0 unspecified atom stereocenters. The molecule has 0 radical (unpaired) electrons. The minimum absolute atomic E-state index is 0.0676. The van der Waals surface area contributed by atoms with E-state index in [0.717, 1.165) is 24.3 Å². The molecule has 37 heavy (non-hydrogen) atoms. The van der Waals surface area contributed by atoms with E-state index in [2.05, 4.69) is 10.6 Å². The number of fused-ring (bicyclic) bond motifs is 3. The second-order valence-corrected chi connectivity index (χ2v) is 9.80. The molecule has 0 heterocycles. The Morgan fingerprint density at radius 2 is 1.54 bits per heavy atom. The van der Waals surface area contributed by atoms with E-state index in [1.807, 2.05) is 0 Å². The number of carbonyl (C=O) groups excluding carboxylic acids is 2.